The molecule has 0 radical (unpaired) electrons. The third-order valence-electron chi connectivity index (χ3n) is 2.39. The lowest BCUT2D eigenvalue weighted by Crippen LogP contribution is -2.04. The zero-order valence-corrected chi connectivity index (χ0v) is 6.92. The molecule has 0 unspecified atom stereocenters. The average molecular weight is 172 g/mol. The van der Waals surface area contributed by atoms with Crippen molar-refractivity contribution in [2.24, 2.45) is 0 Å². The number of anilines is 1. The quantitative estimate of drug-likeness (QED) is 0.623. The molecule has 1 aliphatic heterocycles. The molecule has 1 aromatic heterocycles. The normalized spacial score (nSPS) is 14.6. The number of H-pyrrole nitrogens is 1. The second-order valence-electron chi connectivity index (χ2n) is 3.25. The number of para-hydroxylation sites is 1. The second-order valence-corrected chi connectivity index (χ2v) is 3.25. The third-order valence-corrected chi connectivity index (χ3v) is 2.39. The van der Waals surface area contributed by atoms with Crippen molar-refractivity contribution in [2.75, 3.05) is 5.32 Å². The van der Waals surface area contributed by atoms with Gasteiger partial charge in [-0.15, -0.1) is 0 Å². The van der Waals surface area contributed by atoms with E-state index in [1.54, 1.807) is 0 Å². The van der Waals surface area contributed by atoms with Crippen molar-refractivity contribution in [3.63, 3.8) is 0 Å². The van der Waals surface area contributed by atoms with Crippen LogP contribution in [0.2, 0.25) is 0 Å². The van der Waals surface area contributed by atoms with Crippen LogP contribution in [-0.2, 0) is 11.2 Å². The summed E-state index contributed by atoms with van der Waals surface area (Å²) in [7, 11) is 0. The van der Waals surface area contributed by atoms with E-state index in [-0.39, 0.29) is 5.91 Å². The Morgan fingerprint density at radius 3 is 3.00 bits per heavy atom. The van der Waals surface area contributed by atoms with E-state index in [0.717, 1.165) is 22.3 Å². The third kappa shape index (κ3) is 0.811. The number of nitrogens with one attached hydrogen (secondary N) is 2. The van der Waals surface area contributed by atoms with Gasteiger partial charge in [0.15, 0.2) is 0 Å². The molecule has 0 atom stereocenters. The van der Waals surface area contributed by atoms with E-state index in [0.29, 0.717) is 6.42 Å². The molecule has 0 fully saturated rings. The van der Waals surface area contributed by atoms with Gasteiger partial charge in [-0.3, -0.25) is 4.79 Å². The topological polar surface area (TPSA) is 44.9 Å². The molecule has 64 valence electrons. The van der Waals surface area contributed by atoms with Crippen molar-refractivity contribution < 1.29 is 4.79 Å². The van der Waals surface area contributed by atoms with E-state index in [9.17, 15) is 4.79 Å². The van der Waals surface area contributed by atoms with Gasteiger partial charge in [0.2, 0.25) is 5.91 Å². The maximum atomic E-state index is 11.1. The Bertz CT molecular complexity index is 499. The van der Waals surface area contributed by atoms with Gasteiger partial charge in [-0.25, -0.2) is 0 Å². The molecule has 0 bridgehead atoms. The van der Waals surface area contributed by atoms with Crippen molar-refractivity contribution in [1.82, 2.24) is 4.98 Å². The molecular formula is C10H8N2O. The fourth-order valence-electron chi connectivity index (χ4n) is 1.82. The molecule has 1 amide bonds. The van der Waals surface area contributed by atoms with Crippen LogP contribution >= 0.6 is 0 Å². The lowest BCUT2D eigenvalue weighted by atomic mass is 10.2. The van der Waals surface area contributed by atoms with Crippen molar-refractivity contribution in [2.45, 2.75) is 6.42 Å². The molecule has 0 aliphatic carbocycles. The largest absolute Gasteiger partial charge is 0.356 e. The summed E-state index contributed by atoms with van der Waals surface area (Å²) >= 11 is 0. The zero-order chi connectivity index (χ0) is 8.84. The Balaban J connectivity index is 2.37. The van der Waals surface area contributed by atoms with Gasteiger partial charge in [-0.05, 0) is 6.07 Å². The first-order valence-corrected chi connectivity index (χ1v) is 4.24. The minimum absolute atomic E-state index is 0.0759. The van der Waals surface area contributed by atoms with Gasteiger partial charge in [0, 0.05) is 16.6 Å². The van der Waals surface area contributed by atoms with Gasteiger partial charge in [0.25, 0.3) is 0 Å². The van der Waals surface area contributed by atoms with Crippen molar-refractivity contribution in [1.29, 1.82) is 0 Å². The number of rotatable bonds is 0. The summed E-state index contributed by atoms with van der Waals surface area (Å²) in [6, 6.07) is 7.98. The lowest BCUT2D eigenvalue weighted by molar-refractivity contribution is -0.115. The average Bonchev–Trinajstić information content (AvgIpc) is 2.60. The standard InChI is InChI=1S/C10H8N2O/c13-9-5-8-10(12-9)6-3-1-2-4-7(6)11-8/h1-4,11H,5H2,(H,12,13). The molecule has 2 N–H and O–H groups in total. The Hall–Kier alpha value is -1.77. The highest BCUT2D eigenvalue weighted by Crippen LogP contribution is 2.31. The first kappa shape index (κ1) is 6.71. The smallest absolute Gasteiger partial charge is 0.230 e. The molecular weight excluding hydrogens is 164 g/mol. The van der Waals surface area contributed by atoms with Crippen LogP contribution in [0.25, 0.3) is 10.9 Å². The number of hydrogen-bond donors (Lipinski definition) is 2. The molecule has 0 saturated carbocycles. The number of carbonyl (C=O) groups is 1. The fourth-order valence-corrected chi connectivity index (χ4v) is 1.82. The second kappa shape index (κ2) is 2.13. The maximum Gasteiger partial charge on any atom is 0.230 e. The molecule has 3 heteroatoms. The number of benzene rings is 1. The molecule has 0 saturated heterocycles. The van der Waals surface area contributed by atoms with Crippen LogP contribution in [0.1, 0.15) is 5.69 Å². The van der Waals surface area contributed by atoms with Gasteiger partial charge in [0.05, 0.1) is 12.1 Å². The minimum Gasteiger partial charge on any atom is -0.356 e. The summed E-state index contributed by atoms with van der Waals surface area (Å²) in [6.45, 7) is 0. The molecule has 0 spiro atoms. The van der Waals surface area contributed by atoms with E-state index >= 15 is 0 Å². The van der Waals surface area contributed by atoms with Crippen LogP contribution in [0.5, 0.6) is 0 Å². The van der Waals surface area contributed by atoms with E-state index in [2.05, 4.69) is 10.3 Å². The van der Waals surface area contributed by atoms with Crippen LogP contribution in [-0.4, -0.2) is 10.9 Å². The Morgan fingerprint density at radius 1 is 1.23 bits per heavy atom. The number of aromatic amines is 1. The van der Waals surface area contributed by atoms with E-state index in [4.69, 9.17) is 0 Å². The van der Waals surface area contributed by atoms with Crippen LogP contribution in [0.4, 0.5) is 5.69 Å². The summed E-state index contributed by atoms with van der Waals surface area (Å²) in [5, 5.41) is 3.95. The number of carbonyl (C=O) groups excluding carboxylic acids is 1. The van der Waals surface area contributed by atoms with Crippen molar-refractivity contribution >= 4 is 22.5 Å². The molecule has 2 aromatic rings. The fraction of sp³-hybridized carbons (Fsp3) is 0.100. The Kier molecular flexibility index (Phi) is 1.10. The van der Waals surface area contributed by atoms with Gasteiger partial charge >= 0.3 is 0 Å². The maximum absolute atomic E-state index is 11.1. The highest BCUT2D eigenvalue weighted by atomic mass is 16.1. The van der Waals surface area contributed by atoms with Crippen molar-refractivity contribution in [3.8, 4) is 0 Å². The predicted molar refractivity (Wildman–Crippen MR) is 50.6 cm³/mol. The summed E-state index contributed by atoms with van der Waals surface area (Å²) in [6.07, 6.45) is 0.476. The number of fused-ring (bicyclic) bond motifs is 3. The molecule has 1 aromatic carbocycles. The monoisotopic (exact) mass is 172 g/mol. The van der Waals surface area contributed by atoms with Crippen LogP contribution in [0.3, 0.4) is 0 Å². The van der Waals surface area contributed by atoms with Gasteiger partial charge in [-0.1, -0.05) is 18.2 Å². The van der Waals surface area contributed by atoms with Crippen LogP contribution < -0.4 is 5.32 Å². The molecule has 2 heterocycles. The number of aromatic nitrogens is 1. The van der Waals surface area contributed by atoms with E-state index in [1.165, 1.54) is 0 Å². The van der Waals surface area contributed by atoms with E-state index < -0.39 is 0 Å². The number of hydrogen-bond acceptors (Lipinski definition) is 1. The van der Waals surface area contributed by atoms with Crippen LogP contribution in [0, 0.1) is 0 Å². The number of amides is 1. The summed E-state index contributed by atoms with van der Waals surface area (Å²) in [5.41, 5.74) is 3.05. The molecule has 1 aliphatic rings. The molecule has 3 nitrogen and oxygen atoms in total. The first-order chi connectivity index (χ1) is 6.34. The highest BCUT2D eigenvalue weighted by Gasteiger charge is 2.21. The van der Waals surface area contributed by atoms with Crippen molar-refractivity contribution in [3.05, 3.63) is 30.0 Å². The van der Waals surface area contributed by atoms with Crippen LogP contribution in [0.15, 0.2) is 24.3 Å². The SMILES string of the molecule is O=C1Cc2[nH]c3ccccc3c2N1. The minimum atomic E-state index is 0.0759. The molecule has 13 heavy (non-hydrogen) atoms. The molecule has 3 rings (SSSR count). The van der Waals surface area contributed by atoms with Gasteiger partial charge < -0.3 is 10.3 Å². The lowest BCUT2D eigenvalue weighted by Gasteiger charge is -1.93. The highest BCUT2D eigenvalue weighted by molar-refractivity contribution is 6.08. The predicted octanol–water partition coefficient (Wildman–Crippen LogP) is 1.66. The first-order valence-electron chi connectivity index (χ1n) is 4.24. The summed E-state index contributed by atoms with van der Waals surface area (Å²) in [4.78, 5) is 14.3. The Labute approximate surface area is 74.8 Å². The summed E-state index contributed by atoms with van der Waals surface area (Å²) in [5.74, 6) is 0.0759. The zero-order valence-electron chi connectivity index (χ0n) is 6.92. The van der Waals surface area contributed by atoms with E-state index in [1.807, 2.05) is 24.3 Å². The van der Waals surface area contributed by atoms with Gasteiger partial charge in [0.1, 0.15) is 0 Å². The van der Waals surface area contributed by atoms with Gasteiger partial charge in [-0.2, -0.15) is 0 Å². The Morgan fingerprint density at radius 2 is 2.08 bits per heavy atom. The summed E-state index contributed by atoms with van der Waals surface area (Å²) < 4.78 is 0.